The fourth-order valence-corrected chi connectivity index (χ4v) is 2.51. The van der Waals surface area contributed by atoms with Crippen LogP contribution in [0, 0.1) is 5.92 Å². The normalized spacial score (nSPS) is 12.2. The molecule has 0 saturated carbocycles. The van der Waals surface area contributed by atoms with Gasteiger partial charge in [-0.05, 0) is 13.0 Å². The van der Waals surface area contributed by atoms with Crippen molar-refractivity contribution in [1.29, 1.82) is 0 Å². The van der Waals surface area contributed by atoms with Gasteiger partial charge in [-0.25, -0.2) is 14.6 Å². The molecule has 0 saturated heterocycles. The third-order valence-corrected chi connectivity index (χ3v) is 3.68. The number of carbonyl (C=O) groups excluding carboxylic acids is 1. The highest BCUT2D eigenvalue weighted by Crippen LogP contribution is 2.52. The molecule has 0 aliphatic rings. The minimum absolute atomic E-state index is 0.126. The van der Waals surface area contributed by atoms with Gasteiger partial charge in [-0.1, -0.05) is 13.8 Å². The van der Waals surface area contributed by atoms with E-state index in [0.29, 0.717) is 13.0 Å². The fourth-order valence-electron chi connectivity index (χ4n) is 0.835. The Kier molecular flexibility index (Phi) is 4.87. The molecule has 0 aromatic rings. The minimum atomic E-state index is -3.33. The molecule has 0 amide bonds. The second-order valence-electron chi connectivity index (χ2n) is 3.09. The highest BCUT2D eigenvalue weighted by atomic mass is 31.2. The monoisotopic (exact) mass is 194 g/mol. The van der Waals surface area contributed by atoms with Gasteiger partial charge in [0.05, 0.1) is 5.92 Å². The molecule has 5 heteroatoms. The maximum atomic E-state index is 11.2. The topological polar surface area (TPSA) is 83.5 Å². The van der Waals surface area contributed by atoms with Crippen LogP contribution in [0.5, 0.6) is 0 Å². The van der Waals surface area contributed by atoms with Gasteiger partial charge in [0.15, 0.2) is 0 Å². The molecule has 72 valence electrons. The summed E-state index contributed by atoms with van der Waals surface area (Å²) in [6.07, 6.45) is 0.611. The Balaban J connectivity index is 4.09. The Morgan fingerprint density at radius 2 is 2.00 bits per heavy atom. The largest absolute Gasteiger partial charge is 0.337 e. The summed E-state index contributed by atoms with van der Waals surface area (Å²) < 4.78 is 0. The standard InChI is InChI=1S/C7H17NO3P/c1-6(2)7(9)12(10,11)5-3-4-8/h6,10-11H,3-5,8H2,1-2H3/q+1. The lowest BCUT2D eigenvalue weighted by molar-refractivity contribution is -0.115. The Labute approximate surface area is 73.3 Å². The third-order valence-electron chi connectivity index (χ3n) is 1.52. The number of hydrogen-bond donors (Lipinski definition) is 3. The summed E-state index contributed by atoms with van der Waals surface area (Å²) in [7, 11) is -3.33. The van der Waals surface area contributed by atoms with Crippen LogP contribution in [0.2, 0.25) is 0 Å². The lowest BCUT2D eigenvalue weighted by Crippen LogP contribution is -2.16. The zero-order chi connectivity index (χ0) is 9.78. The molecule has 4 N–H and O–H groups in total. The summed E-state index contributed by atoms with van der Waals surface area (Å²) in [5.74, 6) is -0.314. The summed E-state index contributed by atoms with van der Waals surface area (Å²) in [4.78, 5) is 29.9. The summed E-state index contributed by atoms with van der Waals surface area (Å²) in [5.41, 5.74) is 4.76. The maximum Gasteiger partial charge on any atom is 0.337 e. The van der Waals surface area contributed by atoms with Crippen molar-refractivity contribution in [1.82, 2.24) is 0 Å². The highest BCUT2D eigenvalue weighted by Gasteiger charge is 2.44. The number of rotatable bonds is 5. The van der Waals surface area contributed by atoms with Gasteiger partial charge < -0.3 is 5.73 Å². The molecular formula is C7H17NO3P+. The van der Waals surface area contributed by atoms with Crippen molar-refractivity contribution in [2.24, 2.45) is 11.7 Å². The summed E-state index contributed by atoms with van der Waals surface area (Å²) in [5, 5.41) is 0. The van der Waals surface area contributed by atoms with Crippen LogP contribution < -0.4 is 5.73 Å². The van der Waals surface area contributed by atoms with Gasteiger partial charge >= 0.3 is 13.2 Å². The van der Waals surface area contributed by atoms with Crippen molar-refractivity contribution in [2.45, 2.75) is 20.3 Å². The lowest BCUT2D eigenvalue weighted by Gasteiger charge is -2.11. The molecule has 0 aromatic carbocycles. The van der Waals surface area contributed by atoms with E-state index in [1.54, 1.807) is 13.8 Å². The molecule has 0 unspecified atom stereocenters. The van der Waals surface area contributed by atoms with Crippen molar-refractivity contribution in [2.75, 3.05) is 12.7 Å². The van der Waals surface area contributed by atoms with E-state index in [0.717, 1.165) is 0 Å². The average molecular weight is 194 g/mol. The van der Waals surface area contributed by atoms with Crippen LogP contribution in [-0.2, 0) is 4.79 Å². The molecule has 0 heterocycles. The molecule has 0 fully saturated rings. The molecule has 0 atom stereocenters. The van der Waals surface area contributed by atoms with E-state index in [1.807, 2.05) is 0 Å². The average Bonchev–Trinajstić information content (AvgIpc) is 1.99. The zero-order valence-electron chi connectivity index (χ0n) is 7.53. The summed E-state index contributed by atoms with van der Waals surface area (Å²) in [6.45, 7) is 3.70. The molecule has 0 radical (unpaired) electrons. The lowest BCUT2D eigenvalue weighted by atomic mass is 10.3. The van der Waals surface area contributed by atoms with Crippen molar-refractivity contribution in [3.8, 4) is 0 Å². The van der Waals surface area contributed by atoms with Gasteiger partial charge in [0.2, 0.25) is 0 Å². The Morgan fingerprint density at radius 3 is 2.33 bits per heavy atom. The van der Waals surface area contributed by atoms with Gasteiger partial charge in [-0.3, -0.25) is 0 Å². The molecule has 0 rings (SSSR count). The molecule has 0 aliphatic carbocycles. The Morgan fingerprint density at radius 1 is 1.50 bits per heavy atom. The zero-order valence-corrected chi connectivity index (χ0v) is 8.42. The van der Waals surface area contributed by atoms with Crippen molar-refractivity contribution < 1.29 is 14.6 Å². The van der Waals surface area contributed by atoms with Crippen LogP contribution >= 0.6 is 7.72 Å². The maximum absolute atomic E-state index is 11.2. The van der Waals surface area contributed by atoms with Crippen LogP contribution in [0.1, 0.15) is 20.3 Å². The van der Waals surface area contributed by atoms with Gasteiger partial charge in [-0.15, -0.1) is 0 Å². The van der Waals surface area contributed by atoms with Crippen molar-refractivity contribution >= 4 is 13.2 Å². The quantitative estimate of drug-likeness (QED) is 0.551. The van der Waals surface area contributed by atoms with Crippen LogP contribution in [0.25, 0.3) is 0 Å². The first-order chi connectivity index (χ1) is 5.41. The summed E-state index contributed by atoms with van der Waals surface area (Å²) >= 11 is 0. The second-order valence-corrected chi connectivity index (χ2v) is 5.44. The first-order valence-corrected chi connectivity index (χ1v) is 5.88. The SMILES string of the molecule is CC(C)C(=O)[P+](O)(O)CCCN. The molecule has 12 heavy (non-hydrogen) atoms. The van der Waals surface area contributed by atoms with Crippen LogP contribution in [-0.4, -0.2) is 28.0 Å². The fraction of sp³-hybridized carbons (Fsp3) is 0.857. The van der Waals surface area contributed by atoms with Crippen molar-refractivity contribution in [3.05, 3.63) is 0 Å². The number of nitrogens with two attached hydrogens (primary N) is 1. The molecule has 0 aliphatic heterocycles. The molecule has 0 aromatic heterocycles. The van der Waals surface area contributed by atoms with Crippen LogP contribution in [0.4, 0.5) is 0 Å². The third kappa shape index (κ3) is 3.59. The smallest absolute Gasteiger partial charge is 0.330 e. The highest BCUT2D eigenvalue weighted by molar-refractivity contribution is 7.81. The molecule has 0 spiro atoms. The van der Waals surface area contributed by atoms with E-state index in [-0.39, 0.29) is 12.1 Å². The Bertz CT molecular complexity index is 159. The number of hydrogen-bond acceptors (Lipinski definition) is 4. The van der Waals surface area contributed by atoms with Gasteiger partial charge in [0.1, 0.15) is 6.16 Å². The van der Waals surface area contributed by atoms with E-state index in [2.05, 4.69) is 0 Å². The van der Waals surface area contributed by atoms with Gasteiger partial charge in [0, 0.05) is 0 Å². The first kappa shape index (κ1) is 12.0. The molecule has 4 nitrogen and oxygen atoms in total. The predicted octanol–water partition coefficient (Wildman–Crippen LogP) is 0.350. The van der Waals surface area contributed by atoms with E-state index >= 15 is 0 Å². The Hall–Kier alpha value is -0.0200. The van der Waals surface area contributed by atoms with Crippen LogP contribution in [0.15, 0.2) is 0 Å². The molecule has 0 bridgehead atoms. The number of carbonyl (C=O) groups is 1. The predicted molar refractivity (Wildman–Crippen MR) is 49.7 cm³/mol. The second kappa shape index (κ2) is 4.87. The molecular weight excluding hydrogens is 177 g/mol. The van der Waals surface area contributed by atoms with Crippen molar-refractivity contribution in [3.63, 3.8) is 0 Å². The van der Waals surface area contributed by atoms with E-state index in [4.69, 9.17) is 5.73 Å². The minimum Gasteiger partial charge on any atom is -0.330 e. The van der Waals surface area contributed by atoms with E-state index in [9.17, 15) is 14.6 Å². The van der Waals surface area contributed by atoms with E-state index < -0.39 is 13.2 Å². The summed E-state index contributed by atoms with van der Waals surface area (Å²) in [6, 6.07) is 0. The van der Waals surface area contributed by atoms with E-state index in [1.165, 1.54) is 0 Å². The first-order valence-electron chi connectivity index (χ1n) is 4.00. The van der Waals surface area contributed by atoms with Gasteiger partial charge in [-0.2, -0.15) is 0 Å². The van der Waals surface area contributed by atoms with Gasteiger partial charge in [0.25, 0.3) is 0 Å². The van der Waals surface area contributed by atoms with Crippen LogP contribution in [0.3, 0.4) is 0 Å².